The number of ether oxygens (including phenoxy) is 2. The molecular weight excluding hydrogens is 484 g/mol. The molecule has 2 bridgehead atoms. The van der Waals surface area contributed by atoms with Crippen LogP contribution in [0.15, 0.2) is 60.7 Å². The molecular formula is C34H38N2O3. The zero-order valence-corrected chi connectivity index (χ0v) is 23.0. The molecule has 2 aliphatic carbocycles. The molecule has 3 aromatic carbocycles. The van der Waals surface area contributed by atoms with Gasteiger partial charge < -0.3 is 14.8 Å². The molecule has 1 saturated carbocycles. The molecule has 3 aromatic rings. The van der Waals surface area contributed by atoms with E-state index in [-0.39, 0.29) is 18.1 Å². The standard InChI is InChI=1S/C34H38N2O3/c1-22-30-18-27-9-10-28(17-29(27)34(22,2)14-16-36(30)20-24-3-4-24)33(37)35-15-13-23-5-7-25(8-6-23)26-11-12-31-32(19-26)39-21-38-31/h5-12,17,19,22,24,30H,3-4,13-16,18,20-21H2,1-2H3,(H,35,37)/t22-,30+,34+/m0/s1. The molecule has 4 aliphatic rings. The molecule has 2 fully saturated rings. The number of hydrogen-bond donors (Lipinski definition) is 1. The molecule has 0 spiro atoms. The van der Waals surface area contributed by atoms with E-state index in [1.165, 1.54) is 49.0 Å². The van der Waals surface area contributed by atoms with Gasteiger partial charge in [-0.15, -0.1) is 0 Å². The highest BCUT2D eigenvalue weighted by Gasteiger charge is 2.49. The fourth-order valence-corrected chi connectivity index (χ4v) is 7.07. The zero-order chi connectivity index (χ0) is 26.6. The van der Waals surface area contributed by atoms with Crippen molar-refractivity contribution in [2.45, 2.75) is 57.4 Å². The Kier molecular flexibility index (Phi) is 6.15. The SMILES string of the molecule is C[C@H]1[C@H]2Cc3ccc(C(=O)NCCc4ccc(-c5ccc6c(c5)OCO6)cc4)cc3[C@]1(C)CCN2CC1CC1. The molecule has 7 rings (SSSR count). The summed E-state index contributed by atoms with van der Waals surface area (Å²) in [5.74, 6) is 3.16. The van der Waals surface area contributed by atoms with Gasteiger partial charge in [0.2, 0.25) is 6.79 Å². The van der Waals surface area contributed by atoms with Gasteiger partial charge in [-0.25, -0.2) is 0 Å². The predicted octanol–water partition coefficient (Wildman–Crippen LogP) is 5.99. The van der Waals surface area contributed by atoms with Gasteiger partial charge >= 0.3 is 0 Å². The lowest BCUT2D eigenvalue weighted by molar-refractivity contribution is 0.0284. The molecule has 0 aromatic heterocycles. The van der Waals surface area contributed by atoms with Crippen LogP contribution in [-0.4, -0.2) is 43.3 Å². The van der Waals surface area contributed by atoms with Crippen molar-refractivity contribution in [2.75, 3.05) is 26.4 Å². The maximum Gasteiger partial charge on any atom is 0.251 e. The fourth-order valence-electron chi connectivity index (χ4n) is 7.07. The highest BCUT2D eigenvalue weighted by molar-refractivity contribution is 5.94. The summed E-state index contributed by atoms with van der Waals surface area (Å²) in [4.78, 5) is 15.9. The lowest BCUT2D eigenvalue weighted by Crippen LogP contribution is -2.58. The van der Waals surface area contributed by atoms with Gasteiger partial charge in [0.05, 0.1) is 0 Å². The number of carbonyl (C=O) groups excluding carboxylic acids is 1. The van der Waals surface area contributed by atoms with E-state index in [1.807, 2.05) is 18.2 Å². The second kappa shape index (κ2) is 9.71. The Balaban J connectivity index is 0.985. The summed E-state index contributed by atoms with van der Waals surface area (Å²) in [6.45, 7) is 8.24. The van der Waals surface area contributed by atoms with E-state index in [9.17, 15) is 4.79 Å². The lowest BCUT2D eigenvalue weighted by Gasteiger charge is -2.55. The average molecular weight is 523 g/mol. The molecule has 5 heteroatoms. The highest BCUT2D eigenvalue weighted by atomic mass is 16.7. The van der Waals surface area contributed by atoms with Crippen molar-refractivity contribution in [3.63, 3.8) is 0 Å². The van der Waals surface area contributed by atoms with Gasteiger partial charge in [0, 0.05) is 24.7 Å². The minimum absolute atomic E-state index is 0.0272. The van der Waals surface area contributed by atoms with Crippen LogP contribution >= 0.6 is 0 Å². The summed E-state index contributed by atoms with van der Waals surface area (Å²) in [5.41, 5.74) is 7.24. The molecule has 202 valence electrons. The van der Waals surface area contributed by atoms with Crippen LogP contribution in [0.5, 0.6) is 11.5 Å². The summed E-state index contributed by atoms with van der Waals surface area (Å²) in [6, 6.07) is 21.7. The number of nitrogens with zero attached hydrogens (tertiary/aromatic N) is 1. The van der Waals surface area contributed by atoms with Crippen molar-refractivity contribution in [3.8, 4) is 22.6 Å². The first-order valence-corrected chi connectivity index (χ1v) is 14.6. The molecule has 39 heavy (non-hydrogen) atoms. The van der Waals surface area contributed by atoms with Crippen LogP contribution in [0.25, 0.3) is 11.1 Å². The Labute approximate surface area is 231 Å². The lowest BCUT2D eigenvalue weighted by atomic mass is 9.59. The van der Waals surface area contributed by atoms with Crippen LogP contribution in [0.4, 0.5) is 0 Å². The van der Waals surface area contributed by atoms with E-state index in [4.69, 9.17) is 9.47 Å². The van der Waals surface area contributed by atoms with Crippen molar-refractivity contribution in [1.82, 2.24) is 10.2 Å². The maximum atomic E-state index is 13.2. The van der Waals surface area contributed by atoms with Gasteiger partial charge in [-0.2, -0.15) is 0 Å². The fraction of sp³-hybridized carbons (Fsp3) is 0.441. The molecule has 1 saturated heterocycles. The van der Waals surface area contributed by atoms with Crippen LogP contribution < -0.4 is 14.8 Å². The largest absolute Gasteiger partial charge is 0.454 e. The third-order valence-electron chi connectivity index (χ3n) is 9.93. The third kappa shape index (κ3) is 4.61. The molecule has 0 unspecified atom stereocenters. The first kappa shape index (κ1) is 24.7. The van der Waals surface area contributed by atoms with Gasteiger partial charge in [-0.3, -0.25) is 9.69 Å². The topological polar surface area (TPSA) is 50.8 Å². The molecule has 1 amide bonds. The van der Waals surface area contributed by atoms with E-state index in [0.29, 0.717) is 18.5 Å². The van der Waals surface area contributed by atoms with Crippen molar-refractivity contribution >= 4 is 5.91 Å². The first-order chi connectivity index (χ1) is 19.0. The summed E-state index contributed by atoms with van der Waals surface area (Å²) in [6.07, 6.45) is 5.92. The van der Waals surface area contributed by atoms with Crippen molar-refractivity contribution in [2.24, 2.45) is 11.8 Å². The Bertz CT molecular complexity index is 1400. The average Bonchev–Trinajstić information content (AvgIpc) is 3.65. The molecule has 1 N–H and O–H groups in total. The zero-order valence-electron chi connectivity index (χ0n) is 23.0. The highest BCUT2D eigenvalue weighted by Crippen LogP contribution is 2.49. The minimum atomic E-state index is 0.0272. The number of hydrogen-bond acceptors (Lipinski definition) is 4. The second-order valence-electron chi connectivity index (χ2n) is 12.3. The number of piperidine rings is 1. The van der Waals surface area contributed by atoms with Crippen LogP contribution in [0.2, 0.25) is 0 Å². The minimum Gasteiger partial charge on any atom is -0.454 e. The monoisotopic (exact) mass is 522 g/mol. The van der Waals surface area contributed by atoms with Gasteiger partial charge in [0.15, 0.2) is 11.5 Å². The Hall–Kier alpha value is -3.31. The summed E-state index contributed by atoms with van der Waals surface area (Å²) in [5, 5.41) is 3.17. The van der Waals surface area contributed by atoms with Crippen molar-refractivity contribution < 1.29 is 14.3 Å². The van der Waals surface area contributed by atoms with Crippen molar-refractivity contribution in [3.05, 3.63) is 82.9 Å². The second-order valence-corrected chi connectivity index (χ2v) is 12.3. The third-order valence-corrected chi connectivity index (χ3v) is 9.93. The summed E-state index contributed by atoms with van der Waals surface area (Å²) < 4.78 is 10.9. The Morgan fingerprint density at radius 3 is 2.62 bits per heavy atom. The van der Waals surface area contributed by atoms with Gasteiger partial charge in [-0.1, -0.05) is 50.2 Å². The van der Waals surface area contributed by atoms with Crippen molar-refractivity contribution in [1.29, 1.82) is 0 Å². The van der Waals surface area contributed by atoms with Crippen LogP contribution in [0.1, 0.15) is 60.2 Å². The van der Waals surface area contributed by atoms with Crippen LogP contribution in [0, 0.1) is 11.8 Å². The molecule has 3 atom stereocenters. The number of rotatable bonds is 7. The summed E-state index contributed by atoms with van der Waals surface area (Å²) in [7, 11) is 0. The van der Waals surface area contributed by atoms with Crippen LogP contribution in [0.3, 0.4) is 0 Å². The van der Waals surface area contributed by atoms with Gasteiger partial charge in [0.1, 0.15) is 0 Å². The smallest absolute Gasteiger partial charge is 0.251 e. The Morgan fingerprint density at radius 1 is 1.00 bits per heavy atom. The van der Waals surface area contributed by atoms with E-state index >= 15 is 0 Å². The summed E-state index contributed by atoms with van der Waals surface area (Å²) >= 11 is 0. The number of nitrogens with one attached hydrogen (secondary N) is 1. The normalized spacial score (nSPS) is 25.3. The number of carbonyl (C=O) groups is 1. The van der Waals surface area contributed by atoms with E-state index in [0.717, 1.165) is 46.9 Å². The van der Waals surface area contributed by atoms with Crippen LogP contribution in [-0.2, 0) is 18.3 Å². The van der Waals surface area contributed by atoms with Gasteiger partial charge in [0.25, 0.3) is 5.91 Å². The Morgan fingerprint density at radius 2 is 1.79 bits per heavy atom. The number of amides is 1. The number of benzene rings is 3. The molecule has 2 aliphatic heterocycles. The van der Waals surface area contributed by atoms with Gasteiger partial charge in [-0.05, 0) is 108 Å². The quantitative estimate of drug-likeness (QED) is 0.414. The predicted molar refractivity (Wildman–Crippen MR) is 153 cm³/mol. The van der Waals surface area contributed by atoms with E-state index < -0.39 is 0 Å². The van der Waals surface area contributed by atoms with E-state index in [1.54, 1.807) is 0 Å². The molecule has 0 radical (unpaired) electrons. The first-order valence-electron chi connectivity index (χ1n) is 14.6. The number of likely N-dealkylation sites (tertiary alicyclic amines) is 1. The number of fused-ring (bicyclic) bond motifs is 5. The molecule has 2 heterocycles. The van der Waals surface area contributed by atoms with E-state index in [2.05, 4.69) is 66.5 Å². The molecule has 5 nitrogen and oxygen atoms in total. The maximum absolute atomic E-state index is 13.2.